The molecule has 0 bridgehead atoms. The third kappa shape index (κ3) is 4.97. The van der Waals surface area contributed by atoms with Crippen LogP contribution in [0.2, 0.25) is 0 Å². The van der Waals surface area contributed by atoms with Crippen LogP contribution in [0.4, 0.5) is 4.79 Å². The lowest BCUT2D eigenvalue weighted by Gasteiger charge is -2.41. The van der Waals surface area contributed by atoms with Crippen molar-refractivity contribution < 1.29 is 19.4 Å². The molecule has 1 aromatic carbocycles. The molecular weight excluding hydrogens is 332 g/mol. The van der Waals surface area contributed by atoms with Gasteiger partial charge in [-0.3, -0.25) is 4.79 Å². The Balaban J connectivity index is 1.61. The summed E-state index contributed by atoms with van der Waals surface area (Å²) in [4.78, 5) is 25.6. The molecule has 2 aliphatic rings. The number of nitrogens with zero attached hydrogens (tertiary/aromatic N) is 1. The van der Waals surface area contributed by atoms with Gasteiger partial charge < -0.3 is 20.1 Å². The largest absolute Gasteiger partial charge is 0.481 e. The maximum Gasteiger partial charge on any atom is 0.317 e. The summed E-state index contributed by atoms with van der Waals surface area (Å²) in [6.07, 6.45) is 5.45. The Labute approximate surface area is 154 Å². The van der Waals surface area contributed by atoms with Crippen LogP contribution in [-0.4, -0.2) is 53.3 Å². The first-order chi connectivity index (χ1) is 12.6. The highest BCUT2D eigenvalue weighted by Gasteiger charge is 2.40. The number of hydrogen-bond donors (Lipinski definition) is 2. The van der Waals surface area contributed by atoms with E-state index in [1.54, 1.807) is 0 Å². The molecule has 1 aliphatic heterocycles. The number of ether oxygens (including phenoxy) is 1. The van der Waals surface area contributed by atoms with Crippen molar-refractivity contribution in [3.63, 3.8) is 0 Å². The molecule has 1 aromatic rings. The maximum atomic E-state index is 12.8. The van der Waals surface area contributed by atoms with Gasteiger partial charge in [-0.15, -0.1) is 0 Å². The number of rotatable bonds is 6. The summed E-state index contributed by atoms with van der Waals surface area (Å²) in [7, 11) is 0. The molecule has 6 nitrogen and oxygen atoms in total. The SMILES string of the molecule is O=C(O)CCC(Cc1ccccc1)NC(=O)N1CCOC2(CCCC2)C1. The van der Waals surface area contributed by atoms with Gasteiger partial charge in [-0.05, 0) is 31.2 Å². The molecule has 1 saturated heterocycles. The Hall–Kier alpha value is -2.08. The zero-order valence-corrected chi connectivity index (χ0v) is 15.2. The highest BCUT2D eigenvalue weighted by molar-refractivity contribution is 5.75. The molecule has 1 atom stereocenters. The molecule has 1 unspecified atom stereocenters. The number of morpholine rings is 1. The number of carboxylic acids is 1. The van der Waals surface area contributed by atoms with E-state index in [-0.39, 0.29) is 24.1 Å². The van der Waals surface area contributed by atoms with E-state index in [2.05, 4.69) is 5.32 Å². The molecule has 2 N–H and O–H groups in total. The number of urea groups is 1. The van der Waals surface area contributed by atoms with Gasteiger partial charge in [-0.25, -0.2) is 4.79 Å². The smallest absolute Gasteiger partial charge is 0.317 e. The predicted octanol–water partition coefficient (Wildman–Crippen LogP) is 2.82. The Morgan fingerprint density at radius 1 is 1.23 bits per heavy atom. The minimum absolute atomic E-state index is 0.0465. The summed E-state index contributed by atoms with van der Waals surface area (Å²) < 4.78 is 5.99. The topological polar surface area (TPSA) is 78.9 Å². The second kappa shape index (κ2) is 8.54. The van der Waals surface area contributed by atoms with Crippen molar-refractivity contribution in [2.24, 2.45) is 0 Å². The fraction of sp³-hybridized carbons (Fsp3) is 0.600. The number of carboxylic acid groups (broad SMARTS) is 1. The monoisotopic (exact) mass is 360 g/mol. The fourth-order valence-corrected chi connectivity index (χ4v) is 4.03. The molecule has 3 rings (SSSR count). The molecule has 0 aromatic heterocycles. The lowest BCUT2D eigenvalue weighted by molar-refractivity contribution is -0.137. The Morgan fingerprint density at radius 2 is 1.96 bits per heavy atom. The lowest BCUT2D eigenvalue weighted by Crippen LogP contribution is -2.56. The summed E-state index contributed by atoms with van der Waals surface area (Å²) in [6, 6.07) is 9.57. The van der Waals surface area contributed by atoms with Crippen molar-refractivity contribution in [3.05, 3.63) is 35.9 Å². The Bertz CT molecular complexity index is 613. The van der Waals surface area contributed by atoms with E-state index in [0.29, 0.717) is 32.5 Å². The fourth-order valence-electron chi connectivity index (χ4n) is 4.03. The van der Waals surface area contributed by atoms with Crippen LogP contribution in [-0.2, 0) is 16.0 Å². The molecule has 0 radical (unpaired) electrons. The van der Waals surface area contributed by atoms with E-state index < -0.39 is 5.97 Å². The van der Waals surface area contributed by atoms with Crippen molar-refractivity contribution in [1.82, 2.24) is 10.2 Å². The minimum Gasteiger partial charge on any atom is -0.481 e. The van der Waals surface area contributed by atoms with Gasteiger partial charge in [0.1, 0.15) is 0 Å². The first kappa shape index (κ1) is 18.7. The number of nitrogens with one attached hydrogen (secondary N) is 1. The summed E-state index contributed by atoms with van der Waals surface area (Å²) in [5.74, 6) is -0.839. The minimum atomic E-state index is -0.839. The number of hydrogen-bond acceptors (Lipinski definition) is 3. The molecule has 1 spiro atoms. The highest BCUT2D eigenvalue weighted by Crippen LogP contribution is 2.35. The number of benzene rings is 1. The average Bonchev–Trinajstić information content (AvgIpc) is 3.08. The highest BCUT2D eigenvalue weighted by atomic mass is 16.5. The number of amides is 2. The molecule has 2 fully saturated rings. The van der Waals surface area contributed by atoms with Crippen LogP contribution in [0, 0.1) is 0 Å². The van der Waals surface area contributed by atoms with E-state index >= 15 is 0 Å². The van der Waals surface area contributed by atoms with Crippen LogP contribution < -0.4 is 5.32 Å². The molecular formula is C20H28N2O4. The van der Waals surface area contributed by atoms with E-state index in [1.165, 1.54) is 0 Å². The van der Waals surface area contributed by atoms with Crippen LogP contribution in [0.3, 0.4) is 0 Å². The van der Waals surface area contributed by atoms with E-state index in [4.69, 9.17) is 9.84 Å². The summed E-state index contributed by atoms with van der Waals surface area (Å²) in [5, 5.41) is 12.1. The van der Waals surface area contributed by atoms with Gasteiger partial charge in [0.25, 0.3) is 0 Å². The third-order valence-electron chi connectivity index (χ3n) is 5.41. The van der Waals surface area contributed by atoms with Crippen LogP contribution in [0.1, 0.15) is 44.1 Å². The average molecular weight is 360 g/mol. The zero-order chi connectivity index (χ0) is 18.4. The normalized spacial score (nSPS) is 20.1. The molecule has 1 aliphatic carbocycles. The molecule has 6 heteroatoms. The second-order valence-electron chi connectivity index (χ2n) is 7.43. The van der Waals surface area contributed by atoms with Gasteiger partial charge >= 0.3 is 12.0 Å². The Kier molecular flexibility index (Phi) is 6.14. The molecule has 26 heavy (non-hydrogen) atoms. The number of carbonyl (C=O) groups is 2. The third-order valence-corrected chi connectivity index (χ3v) is 5.41. The molecule has 142 valence electrons. The zero-order valence-electron chi connectivity index (χ0n) is 15.2. The summed E-state index contributed by atoms with van der Waals surface area (Å²) in [6.45, 7) is 1.80. The van der Waals surface area contributed by atoms with Crippen molar-refractivity contribution in [3.8, 4) is 0 Å². The Morgan fingerprint density at radius 3 is 2.65 bits per heavy atom. The van der Waals surface area contributed by atoms with Gasteiger partial charge in [-0.2, -0.15) is 0 Å². The van der Waals surface area contributed by atoms with Crippen molar-refractivity contribution in [2.75, 3.05) is 19.7 Å². The van der Waals surface area contributed by atoms with Crippen LogP contribution >= 0.6 is 0 Å². The first-order valence-corrected chi connectivity index (χ1v) is 9.51. The van der Waals surface area contributed by atoms with Crippen LogP contribution in [0.25, 0.3) is 0 Å². The number of aliphatic carboxylic acids is 1. The molecule has 2 amide bonds. The van der Waals surface area contributed by atoms with Crippen molar-refractivity contribution in [2.45, 2.75) is 56.6 Å². The van der Waals surface area contributed by atoms with E-state index in [0.717, 1.165) is 31.2 Å². The van der Waals surface area contributed by atoms with E-state index in [9.17, 15) is 9.59 Å². The summed E-state index contributed by atoms with van der Waals surface area (Å²) >= 11 is 0. The first-order valence-electron chi connectivity index (χ1n) is 9.51. The van der Waals surface area contributed by atoms with Gasteiger partial charge in [0.15, 0.2) is 0 Å². The summed E-state index contributed by atoms with van der Waals surface area (Å²) in [5.41, 5.74) is 0.934. The van der Waals surface area contributed by atoms with Gasteiger partial charge in [-0.1, -0.05) is 43.2 Å². The number of carbonyl (C=O) groups excluding carboxylic acids is 1. The standard InChI is InChI=1S/C20H28N2O4/c23-18(24)9-8-17(14-16-6-2-1-3-7-16)21-19(25)22-12-13-26-20(15-22)10-4-5-11-20/h1-3,6-7,17H,4-5,8-15H2,(H,21,25)(H,23,24). The van der Waals surface area contributed by atoms with Gasteiger partial charge in [0.2, 0.25) is 0 Å². The van der Waals surface area contributed by atoms with Crippen molar-refractivity contribution >= 4 is 12.0 Å². The van der Waals surface area contributed by atoms with Gasteiger partial charge in [0, 0.05) is 19.0 Å². The molecule has 1 heterocycles. The van der Waals surface area contributed by atoms with Crippen LogP contribution in [0.5, 0.6) is 0 Å². The maximum absolute atomic E-state index is 12.8. The quantitative estimate of drug-likeness (QED) is 0.818. The van der Waals surface area contributed by atoms with Gasteiger partial charge in [0.05, 0.1) is 18.8 Å². The van der Waals surface area contributed by atoms with Crippen LogP contribution in [0.15, 0.2) is 30.3 Å². The predicted molar refractivity (Wildman–Crippen MR) is 98.1 cm³/mol. The lowest BCUT2D eigenvalue weighted by atomic mass is 9.99. The second-order valence-corrected chi connectivity index (χ2v) is 7.43. The van der Waals surface area contributed by atoms with E-state index in [1.807, 2.05) is 35.2 Å². The van der Waals surface area contributed by atoms with Crippen molar-refractivity contribution in [1.29, 1.82) is 0 Å². The molecule has 1 saturated carbocycles.